The van der Waals surface area contributed by atoms with Crippen LogP contribution in [0.25, 0.3) is 10.4 Å². The number of hydrogen-bond donors (Lipinski definition) is 6. The number of para-hydroxylation sites is 1. The normalized spacial score (nSPS) is 19.0. The van der Waals surface area contributed by atoms with E-state index in [1.54, 1.807) is 32.1 Å². The van der Waals surface area contributed by atoms with Crippen LogP contribution in [0.2, 0.25) is 0 Å². The Labute approximate surface area is 450 Å². The molecule has 1 fully saturated rings. The van der Waals surface area contributed by atoms with Crippen LogP contribution in [-0.4, -0.2) is 105 Å². The first kappa shape index (κ1) is 57.1. The number of primary amides is 1. The molecule has 7 N–H and O–H groups in total. The first-order valence-electron chi connectivity index (χ1n) is 26.7. The summed E-state index contributed by atoms with van der Waals surface area (Å²) >= 11 is 1.57. The highest BCUT2D eigenvalue weighted by Crippen LogP contribution is 2.39. The lowest BCUT2D eigenvalue weighted by Gasteiger charge is -2.35. The number of amides is 7. The number of carbonyl (C=O) groups is 7. The SMILES string of the molecule is Cc1ncsc1-c1ccc(CNC(=O)[C@@H]2C[C@@H](O)CN2C(=O)[C@@H](NC(=O)CCCCc2ccc(CCC[C@H](CCC(N)=O)NC(=O)[C@@H]3Cc4cccc5c4N3C(=O)[C@@H](NC(=O)OC(C)(C)C)CC5)cc2)C(C)(C)C)cc1. The summed E-state index contributed by atoms with van der Waals surface area (Å²) in [7, 11) is 0. The molecule has 1 saturated heterocycles. The quantitative estimate of drug-likeness (QED) is 0.0494. The van der Waals surface area contributed by atoms with E-state index in [9.17, 15) is 38.7 Å². The van der Waals surface area contributed by atoms with Crippen LogP contribution in [0.15, 0.2) is 72.2 Å². The van der Waals surface area contributed by atoms with Gasteiger partial charge < -0.3 is 41.7 Å². The van der Waals surface area contributed by atoms with Gasteiger partial charge in [-0.15, -0.1) is 11.3 Å². The van der Waals surface area contributed by atoms with Crippen molar-refractivity contribution in [2.45, 2.75) is 180 Å². The molecule has 6 atom stereocenters. The molecule has 0 bridgehead atoms. The number of anilines is 1. The fraction of sp³-hybridized carbons (Fsp3) is 0.517. The van der Waals surface area contributed by atoms with Gasteiger partial charge in [-0.2, -0.15) is 0 Å². The summed E-state index contributed by atoms with van der Waals surface area (Å²) in [6.45, 7) is 13.1. The number of rotatable bonds is 21. The van der Waals surface area contributed by atoms with E-state index in [4.69, 9.17) is 10.5 Å². The fourth-order valence-corrected chi connectivity index (χ4v) is 11.2. The van der Waals surface area contributed by atoms with Gasteiger partial charge in [0.15, 0.2) is 0 Å². The van der Waals surface area contributed by atoms with Crippen LogP contribution in [-0.2, 0) is 65.7 Å². The predicted octanol–water partition coefficient (Wildman–Crippen LogP) is 6.51. The number of nitrogens with one attached hydrogen (secondary N) is 4. The lowest BCUT2D eigenvalue weighted by Crippen LogP contribution is -2.57. The summed E-state index contributed by atoms with van der Waals surface area (Å²) < 4.78 is 5.45. The Bertz CT molecular complexity index is 2730. The van der Waals surface area contributed by atoms with Crippen molar-refractivity contribution in [1.82, 2.24) is 31.2 Å². The Morgan fingerprint density at radius 2 is 1.50 bits per heavy atom. The third-order valence-electron chi connectivity index (χ3n) is 14.4. The second kappa shape index (κ2) is 25.0. The molecule has 3 aliphatic rings. The van der Waals surface area contributed by atoms with Gasteiger partial charge in [0.05, 0.1) is 27.9 Å². The molecule has 17 nitrogen and oxygen atoms in total. The highest BCUT2D eigenvalue weighted by atomic mass is 32.1. The summed E-state index contributed by atoms with van der Waals surface area (Å²) in [5.41, 5.74) is 13.6. The van der Waals surface area contributed by atoms with Crippen molar-refractivity contribution < 1.29 is 43.4 Å². The number of alkyl carbamates (subject to hydrolysis) is 1. The Morgan fingerprint density at radius 1 is 0.829 bits per heavy atom. The zero-order valence-corrected chi connectivity index (χ0v) is 45.9. The highest BCUT2D eigenvalue weighted by Gasteiger charge is 2.46. The monoisotopic (exact) mass is 1060 g/mol. The number of hydrogen-bond acceptors (Lipinski definition) is 11. The third kappa shape index (κ3) is 15.0. The van der Waals surface area contributed by atoms with E-state index in [0.29, 0.717) is 44.9 Å². The summed E-state index contributed by atoms with van der Waals surface area (Å²) in [6.07, 6.45) is 4.51. The zero-order chi connectivity index (χ0) is 54.9. The van der Waals surface area contributed by atoms with Crippen molar-refractivity contribution in [3.63, 3.8) is 0 Å². The second-order valence-corrected chi connectivity index (χ2v) is 23.5. The average Bonchev–Trinajstić information content (AvgIpc) is 4.08. The van der Waals surface area contributed by atoms with E-state index in [0.717, 1.165) is 68.9 Å². The van der Waals surface area contributed by atoms with E-state index >= 15 is 0 Å². The van der Waals surface area contributed by atoms with Gasteiger partial charge in [0.1, 0.15) is 29.8 Å². The Kier molecular flexibility index (Phi) is 18.8. The standard InChI is InChI=1S/C58H76N8O9S/c1-35-50(76-34-61-35)40-24-22-38(23-25-40)32-60-52(70)45-31-43(67)33-65(45)55(73)51(57(2,3)4)64-48(69)17-9-8-12-36-18-20-37(21-19-36)13-10-16-42(27-29-47(59)68)62-53(71)46-30-41-15-11-14-39-26-28-44(54(72)66(46)49(39)41)63-56(74)75-58(5,6)7/h11,14-15,18-25,34,42-46,51,67H,8-10,12-13,16-17,26-33H2,1-7H3,(H2,59,68)(H,60,70)(H,62,71)(H,63,74)(H,64,69)/t42-,43-,44+,45+,46+,51-/m1/s1. The molecule has 0 spiro atoms. The number of unbranched alkanes of at least 4 members (excludes halogenated alkanes) is 1. The number of aliphatic hydroxyl groups is 1. The van der Waals surface area contributed by atoms with Crippen molar-refractivity contribution in [3.05, 3.63) is 106 Å². The fourth-order valence-electron chi connectivity index (χ4n) is 10.4. The molecule has 0 unspecified atom stereocenters. The molecule has 4 aromatic rings. The lowest BCUT2D eigenvalue weighted by molar-refractivity contribution is -0.144. The van der Waals surface area contributed by atoms with Crippen LogP contribution in [0, 0.1) is 12.3 Å². The molecule has 0 radical (unpaired) electrons. The Balaban J connectivity index is 0.861. The summed E-state index contributed by atoms with van der Waals surface area (Å²) in [5.74, 6) is -2.19. The maximum atomic E-state index is 14.2. The molecule has 18 heteroatoms. The molecule has 1 aromatic heterocycles. The number of nitrogens with zero attached hydrogens (tertiary/aromatic N) is 3. The number of ether oxygens (including phenoxy) is 1. The number of thiazole rings is 1. The van der Waals surface area contributed by atoms with Crippen LogP contribution in [0.1, 0.15) is 133 Å². The van der Waals surface area contributed by atoms with Gasteiger partial charge in [-0.3, -0.25) is 33.7 Å². The lowest BCUT2D eigenvalue weighted by atomic mass is 9.85. The van der Waals surface area contributed by atoms with E-state index in [-0.39, 0.29) is 62.0 Å². The number of aliphatic hydroxyl groups excluding tert-OH is 1. The van der Waals surface area contributed by atoms with Crippen LogP contribution < -0.4 is 31.9 Å². The number of carbonyl (C=O) groups excluding carboxylic acids is 7. The molecule has 0 aliphatic carbocycles. The third-order valence-corrected chi connectivity index (χ3v) is 15.3. The summed E-state index contributed by atoms with van der Waals surface area (Å²) in [6, 6.07) is 18.1. The summed E-state index contributed by atoms with van der Waals surface area (Å²) in [4.78, 5) is 102. The second-order valence-electron chi connectivity index (χ2n) is 22.7. The zero-order valence-electron chi connectivity index (χ0n) is 45.0. The largest absolute Gasteiger partial charge is 0.444 e. The van der Waals surface area contributed by atoms with Crippen molar-refractivity contribution in [1.29, 1.82) is 0 Å². The summed E-state index contributed by atoms with van der Waals surface area (Å²) in [5, 5.41) is 22.4. The topological polar surface area (TPSA) is 242 Å². The predicted molar refractivity (Wildman–Crippen MR) is 292 cm³/mol. The number of likely N-dealkylation sites (tertiary alicyclic amines) is 1. The molecule has 3 aromatic carbocycles. The van der Waals surface area contributed by atoms with Gasteiger partial charge >= 0.3 is 6.09 Å². The smallest absolute Gasteiger partial charge is 0.408 e. The van der Waals surface area contributed by atoms with Crippen LogP contribution in [0.3, 0.4) is 0 Å². The Hall–Kier alpha value is -6.66. The van der Waals surface area contributed by atoms with Gasteiger partial charge in [-0.05, 0) is 124 Å². The van der Waals surface area contributed by atoms with E-state index in [2.05, 4.69) is 50.5 Å². The van der Waals surface area contributed by atoms with Crippen LogP contribution in [0.4, 0.5) is 10.5 Å². The molecule has 0 saturated carbocycles. The van der Waals surface area contributed by atoms with Gasteiger partial charge in [0, 0.05) is 44.8 Å². The first-order chi connectivity index (χ1) is 36.0. The molecule has 76 heavy (non-hydrogen) atoms. The minimum absolute atomic E-state index is 0.00266. The molecule has 7 rings (SSSR count). The maximum absolute atomic E-state index is 14.2. The van der Waals surface area contributed by atoms with E-state index in [1.807, 2.05) is 75.7 Å². The molecule has 7 amide bonds. The van der Waals surface area contributed by atoms with Crippen molar-refractivity contribution >= 4 is 58.6 Å². The molecule has 4 heterocycles. The average molecular weight is 1060 g/mol. The molecule has 3 aliphatic heterocycles. The number of β-amino-alcohol motifs (C(OH)–C–C–N with tert-alkyl or cyclic N) is 1. The van der Waals surface area contributed by atoms with Crippen LogP contribution in [0.5, 0.6) is 0 Å². The minimum Gasteiger partial charge on any atom is -0.444 e. The van der Waals surface area contributed by atoms with Crippen LogP contribution >= 0.6 is 11.3 Å². The van der Waals surface area contributed by atoms with E-state index < -0.39 is 59.2 Å². The van der Waals surface area contributed by atoms with Gasteiger partial charge in [0.25, 0.3) is 0 Å². The van der Waals surface area contributed by atoms with Gasteiger partial charge in [0.2, 0.25) is 35.4 Å². The number of benzene rings is 3. The molecular formula is C58H76N8O9S. The number of aryl methyl sites for hydroxylation is 4. The molecule has 408 valence electrons. The van der Waals surface area contributed by atoms with Gasteiger partial charge in [-0.1, -0.05) is 87.5 Å². The molecular weight excluding hydrogens is 985 g/mol. The minimum atomic E-state index is -0.909. The highest BCUT2D eigenvalue weighted by molar-refractivity contribution is 7.13. The first-order valence-corrected chi connectivity index (χ1v) is 27.6. The van der Waals surface area contributed by atoms with Crippen molar-refractivity contribution in [2.75, 3.05) is 11.4 Å². The Morgan fingerprint density at radius 3 is 2.14 bits per heavy atom. The number of nitrogens with two attached hydrogens (primary N) is 1. The van der Waals surface area contributed by atoms with E-state index in [1.165, 1.54) is 9.80 Å². The maximum Gasteiger partial charge on any atom is 0.408 e. The number of aromatic nitrogens is 1. The van der Waals surface area contributed by atoms with Crippen molar-refractivity contribution in [3.8, 4) is 10.4 Å². The van der Waals surface area contributed by atoms with Gasteiger partial charge in [-0.25, -0.2) is 9.78 Å². The van der Waals surface area contributed by atoms with Crippen molar-refractivity contribution in [2.24, 2.45) is 11.1 Å².